The van der Waals surface area contributed by atoms with Gasteiger partial charge < -0.3 is 15.5 Å². The van der Waals surface area contributed by atoms with Crippen LogP contribution in [0.3, 0.4) is 0 Å². The summed E-state index contributed by atoms with van der Waals surface area (Å²) in [5, 5.41) is 5.55. The topological polar surface area (TPSA) is 66.0 Å². The second-order valence-corrected chi connectivity index (χ2v) is 7.66. The first-order valence-corrected chi connectivity index (χ1v) is 10.2. The first-order chi connectivity index (χ1) is 15.9. The summed E-state index contributed by atoms with van der Waals surface area (Å²) in [6.07, 6.45) is -6.10. The minimum atomic E-state index is -5.02. The average molecular weight is 484 g/mol. The van der Waals surface area contributed by atoms with E-state index in [1.807, 2.05) is 19.0 Å². The van der Waals surface area contributed by atoms with E-state index in [1.54, 1.807) is 12.1 Å². The lowest BCUT2D eigenvalue weighted by atomic mass is 10.1. The molecule has 0 atom stereocenters. The van der Waals surface area contributed by atoms with Crippen LogP contribution in [0.1, 0.15) is 17.5 Å². The van der Waals surface area contributed by atoms with Crippen LogP contribution in [0.4, 0.5) is 43.8 Å². The molecule has 12 heteroatoms. The molecule has 2 N–H and O–H groups in total. The highest BCUT2D eigenvalue weighted by Crippen LogP contribution is 2.40. The molecule has 3 rings (SSSR count). The molecular weight excluding hydrogens is 462 g/mol. The summed E-state index contributed by atoms with van der Waals surface area (Å²) in [6.45, 7) is 1.30. The fourth-order valence-corrected chi connectivity index (χ4v) is 3.06. The lowest BCUT2D eigenvalue weighted by Gasteiger charge is -2.17. The van der Waals surface area contributed by atoms with Crippen LogP contribution in [-0.2, 0) is 12.4 Å². The zero-order chi connectivity index (χ0) is 24.9. The Morgan fingerprint density at radius 3 is 2.21 bits per heavy atom. The van der Waals surface area contributed by atoms with E-state index in [1.165, 1.54) is 18.5 Å². The van der Waals surface area contributed by atoms with Crippen LogP contribution in [0.25, 0.3) is 11.3 Å². The molecule has 2 heterocycles. The van der Waals surface area contributed by atoms with Gasteiger partial charge in [0.05, 0.1) is 22.5 Å². The number of nitrogens with one attached hydrogen (secondary N) is 2. The standard InChI is InChI=1S/C22H22F6N6/c1-34(2)11-3-8-30-20-32-18(14-6-9-29-10-7-14)13-19(33-20)31-17-5-4-15(21(23,24)25)12-16(17)22(26,27)28/h4-7,9-10,12-13H,3,8,11H2,1-2H3,(H2,30,31,32,33). The number of benzene rings is 1. The molecule has 0 aliphatic carbocycles. The third kappa shape index (κ3) is 6.80. The van der Waals surface area contributed by atoms with Crippen molar-refractivity contribution in [3.05, 3.63) is 59.9 Å². The minimum absolute atomic E-state index is 0.0119. The van der Waals surface area contributed by atoms with Crippen molar-refractivity contribution in [2.45, 2.75) is 18.8 Å². The van der Waals surface area contributed by atoms with Gasteiger partial charge in [0.15, 0.2) is 0 Å². The van der Waals surface area contributed by atoms with Crippen molar-refractivity contribution in [1.82, 2.24) is 19.9 Å². The lowest BCUT2D eigenvalue weighted by Crippen LogP contribution is -2.17. The molecule has 0 aliphatic rings. The molecule has 0 aliphatic heterocycles. The summed E-state index contributed by atoms with van der Waals surface area (Å²) >= 11 is 0. The number of alkyl halides is 6. The largest absolute Gasteiger partial charge is 0.418 e. The number of hydrogen-bond acceptors (Lipinski definition) is 6. The Morgan fingerprint density at radius 1 is 0.882 bits per heavy atom. The molecular formula is C22H22F6N6. The Bertz CT molecular complexity index is 1100. The quantitative estimate of drug-likeness (QED) is 0.317. The molecule has 0 saturated carbocycles. The molecule has 1 aromatic carbocycles. The SMILES string of the molecule is CN(C)CCCNc1nc(Nc2ccc(C(F)(F)F)cc2C(F)(F)F)cc(-c2ccncc2)n1. The van der Waals surface area contributed by atoms with E-state index in [0.29, 0.717) is 23.9 Å². The van der Waals surface area contributed by atoms with Gasteiger partial charge in [-0.2, -0.15) is 31.3 Å². The third-order valence-corrected chi connectivity index (χ3v) is 4.68. The number of hydrogen-bond donors (Lipinski definition) is 2. The van der Waals surface area contributed by atoms with Gasteiger partial charge in [0.2, 0.25) is 5.95 Å². The highest BCUT2D eigenvalue weighted by atomic mass is 19.4. The second-order valence-electron chi connectivity index (χ2n) is 7.66. The highest BCUT2D eigenvalue weighted by Gasteiger charge is 2.38. The number of pyridine rings is 1. The summed E-state index contributed by atoms with van der Waals surface area (Å²) in [4.78, 5) is 14.5. The van der Waals surface area contributed by atoms with Gasteiger partial charge in [-0.3, -0.25) is 4.98 Å². The molecule has 182 valence electrons. The van der Waals surface area contributed by atoms with Gasteiger partial charge in [-0.15, -0.1) is 0 Å². The molecule has 0 spiro atoms. The van der Waals surface area contributed by atoms with Crippen LogP contribution < -0.4 is 10.6 Å². The average Bonchev–Trinajstić information content (AvgIpc) is 2.76. The van der Waals surface area contributed by atoms with Crippen LogP contribution in [0.2, 0.25) is 0 Å². The maximum Gasteiger partial charge on any atom is 0.418 e. The molecule has 2 aromatic heterocycles. The number of anilines is 3. The summed E-state index contributed by atoms with van der Waals surface area (Å²) in [5.41, 5.74) is -2.37. The first-order valence-electron chi connectivity index (χ1n) is 10.2. The minimum Gasteiger partial charge on any atom is -0.354 e. The molecule has 6 nitrogen and oxygen atoms in total. The summed E-state index contributed by atoms with van der Waals surface area (Å²) in [5.74, 6) is 0.151. The Morgan fingerprint density at radius 2 is 1.59 bits per heavy atom. The summed E-state index contributed by atoms with van der Waals surface area (Å²) < 4.78 is 79.6. The Kier molecular flexibility index (Phi) is 7.60. The van der Waals surface area contributed by atoms with Crippen molar-refractivity contribution in [3.8, 4) is 11.3 Å². The molecule has 0 amide bonds. The zero-order valence-corrected chi connectivity index (χ0v) is 18.3. The molecule has 0 radical (unpaired) electrons. The van der Waals surface area contributed by atoms with Crippen LogP contribution >= 0.6 is 0 Å². The lowest BCUT2D eigenvalue weighted by molar-refractivity contribution is -0.142. The summed E-state index contributed by atoms with van der Waals surface area (Å²) in [7, 11) is 3.84. The van der Waals surface area contributed by atoms with E-state index in [0.717, 1.165) is 19.0 Å². The zero-order valence-electron chi connectivity index (χ0n) is 18.3. The Hall–Kier alpha value is -3.41. The fourth-order valence-electron chi connectivity index (χ4n) is 3.06. The van der Waals surface area contributed by atoms with Crippen molar-refractivity contribution < 1.29 is 26.3 Å². The predicted molar refractivity (Wildman–Crippen MR) is 117 cm³/mol. The van der Waals surface area contributed by atoms with Crippen molar-refractivity contribution >= 4 is 17.5 Å². The van der Waals surface area contributed by atoms with Gasteiger partial charge >= 0.3 is 12.4 Å². The van der Waals surface area contributed by atoms with Crippen LogP contribution in [0.5, 0.6) is 0 Å². The van der Waals surface area contributed by atoms with E-state index in [4.69, 9.17) is 0 Å². The smallest absolute Gasteiger partial charge is 0.354 e. The van der Waals surface area contributed by atoms with E-state index >= 15 is 0 Å². The Balaban J connectivity index is 1.97. The van der Waals surface area contributed by atoms with Crippen molar-refractivity contribution in [3.63, 3.8) is 0 Å². The first kappa shape index (κ1) is 25.2. The molecule has 0 saturated heterocycles. The maximum absolute atomic E-state index is 13.6. The number of aromatic nitrogens is 3. The van der Waals surface area contributed by atoms with Gasteiger partial charge in [0.1, 0.15) is 5.82 Å². The van der Waals surface area contributed by atoms with Crippen LogP contribution in [-0.4, -0.2) is 47.0 Å². The van der Waals surface area contributed by atoms with Crippen LogP contribution in [0, 0.1) is 0 Å². The van der Waals surface area contributed by atoms with Gasteiger partial charge in [-0.05, 0) is 57.4 Å². The van der Waals surface area contributed by atoms with Crippen LogP contribution in [0.15, 0.2) is 48.8 Å². The molecule has 0 fully saturated rings. The van der Waals surface area contributed by atoms with Gasteiger partial charge in [0.25, 0.3) is 0 Å². The second kappa shape index (κ2) is 10.2. The van der Waals surface area contributed by atoms with E-state index in [9.17, 15) is 26.3 Å². The predicted octanol–water partition coefficient (Wildman–Crippen LogP) is 5.68. The van der Waals surface area contributed by atoms with Gasteiger partial charge in [0, 0.05) is 30.6 Å². The number of halogens is 6. The Labute approximate surface area is 192 Å². The van der Waals surface area contributed by atoms with E-state index in [-0.39, 0.29) is 17.8 Å². The number of nitrogens with zero attached hydrogens (tertiary/aromatic N) is 4. The van der Waals surface area contributed by atoms with E-state index < -0.39 is 29.2 Å². The van der Waals surface area contributed by atoms with Crippen molar-refractivity contribution in [2.75, 3.05) is 37.8 Å². The third-order valence-electron chi connectivity index (χ3n) is 4.68. The monoisotopic (exact) mass is 484 g/mol. The fraction of sp³-hybridized carbons (Fsp3) is 0.318. The van der Waals surface area contributed by atoms with E-state index in [2.05, 4.69) is 25.6 Å². The molecule has 34 heavy (non-hydrogen) atoms. The number of rotatable bonds is 8. The molecule has 0 unspecified atom stereocenters. The van der Waals surface area contributed by atoms with Gasteiger partial charge in [-0.25, -0.2) is 4.98 Å². The van der Waals surface area contributed by atoms with Crippen molar-refractivity contribution in [2.24, 2.45) is 0 Å². The molecule has 3 aromatic rings. The summed E-state index contributed by atoms with van der Waals surface area (Å²) in [6, 6.07) is 6.15. The normalized spacial score (nSPS) is 12.1. The van der Waals surface area contributed by atoms with Gasteiger partial charge in [-0.1, -0.05) is 0 Å². The highest BCUT2D eigenvalue weighted by molar-refractivity contribution is 5.69. The maximum atomic E-state index is 13.6. The van der Waals surface area contributed by atoms with Crippen molar-refractivity contribution in [1.29, 1.82) is 0 Å². The molecule has 0 bridgehead atoms.